The Bertz CT molecular complexity index is 461. The minimum absolute atomic E-state index is 0.00958. The summed E-state index contributed by atoms with van der Waals surface area (Å²) in [5.41, 5.74) is 5.59. The highest BCUT2D eigenvalue weighted by molar-refractivity contribution is 5.94. The summed E-state index contributed by atoms with van der Waals surface area (Å²) in [6, 6.07) is 6.70. The van der Waals surface area contributed by atoms with Crippen molar-refractivity contribution in [1.82, 2.24) is 0 Å². The van der Waals surface area contributed by atoms with Gasteiger partial charge in [-0.15, -0.1) is 0 Å². The second-order valence-electron chi connectivity index (χ2n) is 5.51. The smallest absolute Gasteiger partial charge is 0.310 e. The first-order chi connectivity index (χ1) is 8.71. The number of carbonyl (C=O) groups is 1. The Morgan fingerprint density at radius 3 is 2.26 bits per heavy atom. The van der Waals surface area contributed by atoms with E-state index < -0.39 is 11.9 Å². The van der Waals surface area contributed by atoms with Gasteiger partial charge in [0.25, 0.3) is 0 Å². The highest BCUT2D eigenvalue weighted by Crippen LogP contribution is 2.27. The van der Waals surface area contributed by atoms with E-state index in [1.54, 1.807) is 24.3 Å². The minimum Gasteiger partial charge on any atom is -0.493 e. The molecule has 1 aromatic rings. The standard InChI is InChI=1S/C14H20N2O3/c1-14(2,3)11(13(17)18)8-19-10-6-4-9(5-7-10)12(15)16/h4-7,11H,8H2,1-3H3,(H3,15,16)(H,17,18). The number of aliphatic carboxylic acids is 1. The molecule has 0 fully saturated rings. The van der Waals surface area contributed by atoms with E-state index in [4.69, 9.17) is 15.9 Å². The van der Waals surface area contributed by atoms with Crippen molar-refractivity contribution < 1.29 is 14.6 Å². The molecule has 19 heavy (non-hydrogen) atoms. The Hall–Kier alpha value is -2.04. The van der Waals surface area contributed by atoms with Crippen molar-refractivity contribution in [3.8, 4) is 5.75 Å². The maximum absolute atomic E-state index is 11.2. The van der Waals surface area contributed by atoms with Crippen LogP contribution in [0.2, 0.25) is 0 Å². The molecule has 0 saturated heterocycles. The van der Waals surface area contributed by atoms with Crippen molar-refractivity contribution in [2.24, 2.45) is 17.1 Å². The zero-order valence-corrected chi connectivity index (χ0v) is 11.4. The van der Waals surface area contributed by atoms with Gasteiger partial charge < -0.3 is 15.6 Å². The third-order valence-corrected chi connectivity index (χ3v) is 2.93. The molecular weight excluding hydrogens is 244 g/mol. The molecule has 0 saturated carbocycles. The van der Waals surface area contributed by atoms with Crippen molar-refractivity contribution in [1.29, 1.82) is 5.41 Å². The van der Waals surface area contributed by atoms with Crippen LogP contribution in [0.15, 0.2) is 24.3 Å². The molecule has 5 nitrogen and oxygen atoms in total. The van der Waals surface area contributed by atoms with Crippen molar-refractivity contribution >= 4 is 11.8 Å². The molecule has 1 aromatic carbocycles. The third kappa shape index (κ3) is 4.28. The van der Waals surface area contributed by atoms with Crippen LogP contribution in [-0.4, -0.2) is 23.5 Å². The number of hydrogen-bond acceptors (Lipinski definition) is 3. The average Bonchev–Trinajstić information content (AvgIpc) is 2.27. The number of hydrogen-bond donors (Lipinski definition) is 3. The maximum Gasteiger partial charge on any atom is 0.310 e. The lowest BCUT2D eigenvalue weighted by molar-refractivity contribution is -0.146. The van der Waals surface area contributed by atoms with Crippen LogP contribution in [0.1, 0.15) is 26.3 Å². The molecule has 0 bridgehead atoms. The number of carboxylic acid groups (broad SMARTS) is 1. The number of ether oxygens (including phenoxy) is 1. The van der Waals surface area contributed by atoms with Crippen LogP contribution in [0.5, 0.6) is 5.75 Å². The fourth-order valence-corrected chi connectivity index (χ4v) is 1.60. The van der Waals surface area contributed by atoms with E-state index in [0.717, 1.165) is 0 Å². The summed E-state index contributed by atoms with van der Waals surface area (Å²) >= 11 is 0. The molecule has 0 aliphatic rings. The summed E-state index contributed by atoms with van der Waals surface area (Å²) in [5, 5.41) is 16.5. The second-order valence-corrected chi connectivity index (χ2v) is 5.51. The first-order valence-electron chi connectivity index (χ1n) is 6.02. The van der Waals surface area contributed by atoms with Gasteiger partial charge in [0, 0.05) is 5.56 Å². The van der Waals surface area contributed by atoms with Gasteiger partial charge in [-0.1, -0.05) is 20.8 Å². The molecule has 104 valence electrons. The zero-order chi connectivity index (χ0) is 14.6. The van der Waals surface area contributed by atoms with E-state index in [0.29, 0.717) is 11.3 Å². The lowest BCUT2D eigenvalue weighted by Crippen LogP contribution is -2.33. The van der Waals surface area contributed by atoms with E-state index in [2.05, 4.69) is 0 Å². The van der Waals surface area contributed by atoms with Crippen molar-refractivity contribution in [2.75, 3.05) is 6.61 Å². The van der Waals surface area contributed by atoms with Gasteiger partial charge in [-0.3, -0.25) is 10.2 Å². The minimum atomic E-state index is -0.868. The summed E-state index contributed by atoms with van der Waals surface area (Å²) in [7, 11) is 0. The maximum atomic E-state index is 11.2. The molecule has 0 spiro atoms. The molecule has 0 radical (unpaired) electrons. The van der Waals surface area contributed by atoms with E-state index in [-0.39, 0.29) is 17.9 Å². The highest BCUT2D eigenvalue weighted by Gasteiger charge is 2.31. The van der Waals surface area contributed by atoms with Gasteiger partial charge in [-0.05, 0) is 29.7 Å². The summed E-state index contributed by atoms with van der Waals surface area (Å²) in [6.07, 6.45) is 0. The van der Waals surface area contributed by atoms with Crippen LogP contribution in [0.25, 0.3) is 0 Å². The molecular formula is C14H20N2O3. The van der Waals surface area contributed by atoms with Crippen LogP contribution in [0.4, 0.5) is 0 Å². The molecule has 1 unspecified atom stereocenters. The monoisotopic (exact) mass is 264 g/mol. The lowest BCUT2D eigenvalue weighted by Gasteiger charge is -2.26. The van der Waals surface area contributed by atoms with Crippen LogP contribution < -0.4 is 10.5 Å². The van der Waals surface area contributed by atoms with Crippen LogP contribution in [-0.2, 0) is 4.79 Å². The number of rotatable bonds is 5. The Balaban J connectivity index is 2.70. The Morgan fingerprint density at radius 2 is 1.89 bits per heavy atom. The molecule has 5 heteroatoms. The fraction of sp³-hybridized carbons (Fsp3) is 0.429. The van der Waals surface area contributed by atoms with Gasteiger partial charge in [-0.2, -0.15) is 0 Å². The van der Waals surface area contributed by atoms with Crippen LogP contribution in [0.3, 0.4) is 0 Å². The van der Waals surface area contributed by atoms with E-state index in [9.17, 15) is 9.90 Å². The van der Waals surface area contributed by atoms with Gasteiger partial charge in [0.1, 0.15) is 18.2 Å². The molecule has 1 rings (SSSR count). The van der Waals surface area contributed by atoms with Crippen LogP contribution in [0, 0.1) is 16.7 Å². The number of nitrogens with one attached hydrogen (secondary N) is 1. The van der Waals surface area contributed by atoms with E-state index in [1.807, 2.05) is 20.8 Å². The van der Waals surface area contributed by atoms with Gasteiger partial charge in [0.15, 0.2) is 0 Å². The number of amidine groups is 1. The van der Waals surface area contributed by atoms with Gasteiger partial charge >= 0.3 is 5.97 Å². The summed E-state index contributed by atoms with van der Waals surface area (Å²) < 4.78 is 5.50. The van der Waals surface area contributed by atoms with Crippen LogP contribution >= 0.6 is 0 Å². The largest absolute Gasteiger partial charge is 0.493 e. The highest BCUT2D eigenvalue weighted by atomic mass is 16.5. The first-order valence-corrected chi connectivity index (χ1v) is 6.02. The normalized spacial score (nSPS) is 12.8. The SMILES string of the molecule is CC(C)(C)C(COc1ccc(C(=N)N)cc1)C(=O)O. The number of carboxylic acids is 1. The molecule has 0 aliphatic carbocycles. The number of nitrogens with two attached hydrogens (primary N) is 1. The number of nitrogen functional groups attached to an aromatic ring is 1. The summed E-state index contributed by atoms with van der Waals surface area (Å²) in [5.74, 6) is -0.891. The van der Waals surface area contributed by atoms with Crippen molar-refractivity contribution in [3.05, 3.63) is 29.8 Å². The van der Waals surface area contributed by atoms with E-state index in [1.165, 1.54) is 0 Å². The quantitative estimate of drug-likeness (QED) is 0.560. The molecule has 4 N–H and O–H groups in total. The van der Waals surface area contributed by atoms with Gasteiger partial charge in [0.2, 0.25) is 0 Å². The van der Waals surface area contributed by atoms with E-state index >= 15 is 0 Å². The van der Waals surface area contributed by atoms with Gasteiger partial charge in [0.05, 0.1) is 5.92 Å². The van der Waals surface area contributed by atoms with Crippen molar-refractivity contribution in [3.63, 3.8) is 0 Å². The lowest BCUT2D eigenvalue weighted by atomic mass is 9.81. The zero-order valence-electron chi connectivity index (χ0n) is 11.4. The Kier molecular flexibility index (Phi) is 4.53. The Morgan fingerprint density at radius 1 is 1.37 bits per heavy atom. The molecule has 0 heterocycles. The average molecular weight is 264 g/mol. The second kappa shape index (κ2) is 5.73. The molecule has 0 amide bonds. The molecule has 0 aromatic heterocycles. The molecule has 0 aliphatic heterocycles. The fourth-order valence-electron chi connectivity index (χ4n) is 1.60. The first kappa shape index (κ1) is 15.0. The van der Waals surface area contributed by atoms with Crippen molar-refractivity contribution in [2.45, 2.75) is 20.8 Å². The topological polar surface area (TPSA) is 96.4 Å². The Labute approximate surface area is 112 Å². The summed E-state index contributed by atoms with van der Waals surface area (Å²) in [6.45, 7) is 5.72. The van der Waals surface area contributed by atoms with Gasteiger partial charge in [-0.25, -0.2) is 0 Å². The number of benzene rings is 1. The predicted molar refractivity (Wildman–Crippen MR) is 73.5 cm³/mol. The third-order valence-electron chi connectivity index (χ3n) is 2.93. The molecule has 1 atom stereocenters. The predicted octanol–water partition coefficient (Wildman–Crippen LogP) is 2.10. The summed E-state index contributed by atoms with van der Waals surface area (Å²) in [4.78, 5) is 11.2.